The van der Waals surface area contributed by atoms with E-state index in [9.17, 15) is 4.79 Å². The number of fused-ring (bicyclic) bond motifs is 2. The summed E-state index contributed by atoms with van der Waals surface area (Å²) in [7, 11) is 1.63. The van der Waals surface area contributed by atoms with Gasteiger partial charge >= 0.3 is 0 Å². The minimum atomic E-state index is 0.0749. The normalized spacial score (nSPS) is 25.8. The van der Waals surface area contributed by atoms with Gasteiger partial charge in [-0.3, -0.25) is 14.6 Å². The molecule has 0 radical (unpaired) electrons. The smallest absolute Gasteiger partial charge is 0.254 e. The third-order valence-electron chi connectivity index (χ3n) is 6.08. The van der Waals surface area contributed by atoms with Gasteiger partial charge < -0.3 is 14.4 Å². The third-order valence-corrected chi connectivity index (χ3v) is 6.08. The van der Waals surface area contributed by atoms with Gasteiger partial charge in [0.25, 0.3) is 5.91 Å². The largest absolute Gasteiger partial charge is 0.497 e. The lowest BCUT2D eigenvalue weighted by atomic mass is 9.81. The van der Waals surface area contributed by atoms with Crippen molar-refractivity contribution < 1.29 is 14.3 Å². The second kappa shape index (κ2) is 6.83. The van der Waals surface area contributed by atoms with Gasteiger partial charge in [0.1, 0.15) is 5.75 Å². The Bertz CT molecular complexity index is 672. The Labute approximate surface area is 155 Å². The third kappa shape index (κ3) is 3.00. The van der Waals surface area contributed by atoms with E-state index >= 15 is 0 Å². The number of carbonyl (C=O) groups is 1. The van der Waals surface area contributed by atoms with Crippen molar-refractivity contribution in [3.8, 4) is 5.75 Å². The number of amides is 1. The average Bonchev–Trinajstić information content (AvgIpc) is 2.64. The van der Waals surface area contributed by atoms with Crippen molar-refractivity contribution in [1.29, 1.82) is 0 Å². The van der Waals surface area contributed by atoms with Crippen LogP contribution in [0.2, 0.25) is 0 Å². The van der Waals surface area contributed by atoms with Gasteiger partial charge in [-0.05, 0) is 32.0 Å². The predicted molar refractivity (Wildman–Crippen MR) is 99.7 cm³/mol. The summed E-state index contributed by atoms with van der Waals surface area (Å²) >= 11 is 0. The van der Waals surface area contributed by atoms with Crippen molar-refractivity contribution in [3.63, 3.8) is 0 Å². The molecule has 0 bridgehead atoms. The highest BCUT2D eigenvalue weighted by atomic mass is 16.5. The molecule has 1 aromatic rings. The Balaban J connectivity index is 1.56. The molecule has 6 heteroatoms. The molecule has 3 aliphatic rings. The SMILES string of the molecule is COc1cccc(C(=O)N2CC3COCCN3C3(C2)CN(C(C)C)C3)c1. The first kappa shape index (κ1) is 17.8. The molecule has 3 fully saturated rings. The standard InChI is InChI=1S/C20H29N3O3/c1-15(2)22-13-20(14-22)12-21(10-17-11-26-8-7-23(17)20)19(24)16-5-4-6-18(9-16)25-3/h4-6,9,15,17H,7-8,10-14H2,1-3H3. The Morgan fingerprint density at radius 3 is 2.85 bits per heavy atom. The maximum absolute atomic E-state index is 13.2. The second-order valence-corrected chi connectivity index (χ2v) is 8.06. The lowest BCUT2D eigenvalue weighted by molar-refractivity contribution is -0.163. The summed E-state index contributed by atoms with van der Waals surface area (Å²) in [6.45, 7) is 10.6. The Morgan fingerprint density at radius 1 is 1.31 bits per heavy atom. The zero-order valence-electron chi connectivity index (χ0n) is 16.0. The van der Waals surface area contributed by atoms with Crippen LogP contribution in [0.25, 0.3) is 0 Å². The molecular weight excluding hydrogens is 330 g/mol. The summed E-state index contributed by atoms with van der Waals surface area (Å²) in [6, 6.07) is 8.30. The van der Waals surface area contributed by atoms with Crippen molar-refractivity contribution in [2.24, 2.45) is 0 Å². The molecule has 142 valence electrons. The highest BCUT2D eigenvalue weighted by Crippen LogP contribution is 2.37. The van der Waals surface area contributed by atoms with Crippen LogP contribution >= 0.6 is 0 Å². The van der Waals surface area contributed by atoms with Gasteiger partial charge in [-0.2, -0.15) is 0 Å². The number of nitrogens with zero attached hydrogens (tertiary/aromatic N) is 3. The molecule has 0 saturated carbocycles. The van der Waals surface area contributed by atoms with Gasteiger partial charge in [0.2, 0.25) is 0 Å². The fourth-order valence-electron chi connectivity index (χ4n) is 4.65. The van der Waals surface area contributed by atoms with Gasteiger partial charge in [0.15, 0.2) is 0 Å². The van der Waals surface area contributed by atoms with Crippen molar-refractivity contribution >= 4 is 5.91 Å². The molecule has 0 aliphatic carbocycles. The summed E-state index contributed by atoms with van der Waals surface area (Å²) in [5.41, 5.74) is 0.774. The second-order valence-electron chi connectivity index (χ2n) is 8.06. The summed E-state index contributed by atoms with van der Waals surface area (Å²) in [5.74, 6) is 0.816. The average molecular weight is 359 g/mol. The molecule has 0 aromatic heterocycles. The highest BCUT2D eigenvalue weighted by Gasteiger charge is 2.55. The first-order valence-electron chi connectivity index (χ1n) is 9.54. The van der Waals surface area contributed by atoms with E-state index in [1.165, 1.54) is 0 Å². The number of carbonyl (C=O) groups excluding carboxylic acids is 1. The van der Waals surface area contributed by atoms with Crippen LogP contribution in [0.4, 0.5) is 0 Å². The number of benzene rings is 1. The summed E-state index contributed by atoms with van der Waals surface area (Å²) < 4.78 is 11.0. The predicted octanol–water partition coefficient (Wildman–Crippen LogP) is 1.31. The van der Waals surface area contributed by atoms with Crippen LogP contribution in [0, 0.1) is 0 Å². The Morgan fingerprint density at radius 2 is 2.12 bits per heavy atom. The molecule has 4 rings (SSSR count). The number of hydrogen-bond donors (Lipinski definition) is 0. The fraction of sp³-hybridized carbons (Fsp3) is 0.650. The maximum Gasteiger partial charge on any atom is 0.254 e. The molecule has 26 heavy (non-hydrogen) atoms. The van der Waals surface area contributed by atoms with Crippen LogP contribution in [0.15, 0.2) is 24.3 Å². The molecule has 1 atom stereocenters. The molecule has 3 heterocycles. The molecule has 3 aliphatic heterocycles. The molecule has 0 N–H and O–H groups in total. The first-order valence-corrected chi connectivity index (χ1v) is 9.54. The van der Waals surface area contributed by atoms with Crippen molar-refractivity contribution in [2.75, 3.05) is 53.0 Å². The summed E-state index contributed by atoms with van der Waals surface area (Å²) in [5, 5.41) is 0. The molecule has 1 amide bonds. The topological polar surface area (TPSA) is 45.2 Å². The maximum atomic E-state index is 13.2. The lowest BCUT2D eigenvalue weighted by Gasteiger charge is -2.64. The highest BCUT2D eigenvalue weighted by molar-refractivity contribution is 5.94. The molecule has 1 unspecified atom stereocenters. The minimum Gasteiger partial charge on any atom is -0.497 e. The first-order chi connectivity index (χ1) is 12.5. The van der Waals surface area contributed by atoms with Gasteiger partial charge in [0.05, 0.1) is 31.9 Å². The zero-order chi connectivity index (χ0) is 18.3. The van der Waals surface area contributed by atoms with E-state index < -0.39 is 0 Å². The molecule has 1 aromatic carbocycles. The molecular formula is C20H29N3O3. The summed E-state index contributed by atoms with van der Waals surface area (Å²) in [6.07, 6.45) is 0. The van der Waals surface area contributed by atoms with Gasteiger partial charge in [-0.25, -0.2) is 0 Å². The molecule has 6 nitrogen and oxygen atoms in total. The van der Waals surface area contributed by atoms with Crippen molar-refractivity contribution in [2.45, 2.75) is 31.5 Å². The molecule has 3 saturated heterocycles. The lowest BCUT2D eigenvalue weighted by Crippen LogP contribution is -2.81. The minimum absolute atomic E-state index is 0.0749. The molecule has 1 spiro atoms. The van der Waals surface area contributed by atoms with Gasteiger partial charge in [-0.1, -0.05) is 6.07 Å². The van der Waals surface area contributed by atoms with Crippen LogP contribution < -0.4 is 4.74 Å². The van der Waals surface area contributed by atoms with E-state index in [-0.39, 0.29) is 11.4 Å². The van der Waals surface area contributed by atoms with Crippen molar-refractivity contribution in [1.82, 2.24) is 14.7 Å². The van der Waals surface area contributed by atoms with Gasteiger partial charge in [-0.15, -0.1) is 0 Å². The van der Waals surface area contributed by atoms with Gasteiger partial charge in [0, 0.05) is 44.3 Å². The number of likely N-dealkylation sites (tertiary alicyclic amines) is 1. The number of morpholine rings is 1. The Hall–Kier alpha value is -1.63. The quantitative estimate of drug-likeness (QED) is 0.814. The van der Waals surface area contributed by atoms with E-state index in [2.05, 4.69) is 23.6 Å². The van der Waals surface area contributed by atoms with Crippen LogP contribution in [0.3, 0.4) is 0 Å². The number of hydrogen-bond acceptors (Lipinski definition) is 5. The van der Waals surface area contributed by atoms with E-state index in [0.717, 1.165) is 45.1 Å². The van der Waals surface area contributed by atoms with Crippen LogP contribution in [-0.2, 0) is 4.74 Å². The van der Waals surface area contributed by atoms with Crippen LogP contribution in [-0.4, -0.2) is 91.3 Å². The van der Waals surface area contributed by atoms with E-state index in [4.69, 9.17) is 9.47 Å². The van der Waals surface area contributed by atoms with E-state index in [1.54, 1.807) is 7.11 Å². The van der Waals surface area contributed by atoms with E-state index in [0.29, 0.717) is 24.3 Å². The van der Waals surface area contributed by atoms with Crippen molar-refractivity contribution in [3.05, 3.63) is 29.8 Å². The monoisotopic (exact) mass is 359 g/mol. The fourth-order valence-corrected chi connectivity index (χ4v) is 4.65. The number of rotatable bonds is 3. The number of methoxy groups -OCH3 is 1. The number of ether oxygens (including phenoxy) is 2. The number of piperazine rings is 1. The summed E-state index contributed by atoms with van der Waals surface area (Å²) in [4.78, 5) is 20.3. The van der Waals surface area contributed by atoms with Crippen LogP contribution in [0.5, 0.6) is 5.75 Å². The van der Waals surface area contributed by atoms with E-state index in [1.807, 2.05) is 29.2 Å². The van der Waals surface area contributed by atoms with Crippen LogP contribution in [0.1, 0.15) is 24.2 Å². The zero-order valence-corrected chi connectivity index (χ0v) is 16.0. The Kier molecular flexibility index (Phi) is 4.67.